The Kier molecular flexibility index (Phi) is 11.5. The van der Waals surface area contributed by atoms with Crippen LogP contribution in [0.4, 0.5) is 4.39 Å². The van der Waals surface area contributed by atoms with Crippen molar-refractivity contribution in [3.05, 3.63) is 0 Å². The zero-order valence-electron chi connectivity index (χ0n) is 13.8. The SMILES string of the molecule is CCNCCCOCCCOC(C)(C)C(F)CNC(C)=O. The molecule has 0 bridgehead atoms. The molecule has 1 amide bonds. The summed E-state index contributed by atoms with van der Waals surface area (Å²) in [5, 5.41) is 5.69. The Morgan fingerprint density at radius 2 is 1.90 bits per heavy atom. The Balaban J connectivity index is 3.58. The summed E-state index contributed by atoms with van der Waals surface area (Å²) in [6.07, 6.45) is 0.489. The molecule has 0 aliphatic carbocycles. The lowest BCUT2D eigenvalue weighted by molar-refractivity contribution is -0.120. The Labute approximate surface area is 128 Å². The number of alkyl halides is 1. The van der Waals surface area contributed by atoms with E-state index in [2.05, 4.69) is 17.6 Å². The predicted octanol–water partition coefficient (Wildman–Crippen LogP) is 1.66. The molecule has 0 saturated heterocycles. The largest absolute Gasteiger partial charge is 0.381 e. The molecule has 2 N–H and O–H groups in total. The summed E-state index contributed by atoms with van der Waals surface area (Å²) in [6, 6.07) is 0. The van der Waals surface area contributed by atoms with E-state index in [0.717, 1.165) is 32.5 Å². The maximum atomic E-state index is 13.9. The number of hydrogen-bond donors (Lipinski definition) is 2. The minimum Gasteiger partial charge on any atom is -0.381 e. The second-order valence-corrected chi connectivity index (χ2v) is 5.53. The first-order chi connectivity index (χ1) is 9.90. The monoisotopic (exact) mass is 306 g/mol. The number of nitrogens with one attached hydrogen (secondary N) is 2. The summed E-state index contributed by atoms with van der Waals surface area (Å²) in [5.74, 6) is -0.237. The maximum absolute atomic E-state index is 13.9. The molecule has 0 spiro atoms. The molecule has 0 fully saturated rings. The summed E-state index contributed by atoms with van der Waals surface area (Å²) in [4.78, 5) is 10.8. The molecular weight excluding hydrogens is 275 g/mol. The number of amides is 1. The molecule has 21 heavy (non-hydrogen) atoms. The highest BCUT2D eigenvalue weighted by atomic mass is 19.1. The first-order valence-electron chi connectivity index (χ1n) is 7.71. The van der Waals surface area contributed by atoms with Gasteiger partial charge >= 0.3 is 0 Å². The van der Waals surface area contributed by atoms with E-state index in [-0.39, 0.29) is 12.5 Å². The van der Waals surface area contributed by atoms with Gasteiger partial charge in [-0.15, -0.1) is 0 Å². The van der Waals surface area contributed by atoms with Gasteiger partial charge in [0.2, 0.25) is 5.91 Å². The maximum Gasteiger partial charge on any atom is 0.216 e. The minimum atomic E-state index is -1.23. The first-order valence-corrected chi connectivity index (χ1v) is 7.71. The standard InChI is InChI=1S/C15H31FN2O3/c1-5-17-8-6-9-20-10-7-11-21-15(3,4)14(16)12-18-13(2)19/h14,17H,5-12H2,1-4H3,(H,18,19). The molecular formula is C15H31FN2O3. The third-order valence-electron chi connectivity index (χ3n) is 3.08. The molecule has 0 aromatic heterocycles. The average Bonchev–Trinajstić information content (AvgIpc) is 2.42. The van der Waals surface area contributed by atoms with Crippen LogP contribution in [0.2, 0.25) is 0 Å². The van der Waals surface area contributed by atoms with Gasteiger partial charge in [0.25, 0.3) is 0 Å². The molecule has 0 heterocycles. The van der Waals surface area contributed by atoms with Crippen molar-refractivity contribution in [2.75, 3.05) is 39.5 Å². The molecule has 0 aromatic carbocycles. The van der Waals surface area contributed by atoms with E-state index in [0.29, 0.717) is 13.2 Å². The zero-order chi connectivity index (χ0) is 16.1. The summed E-state index contributed by atoms with van der Waals surface area (Å²) in [5.41, 5.74) is -0.909. The summed E-state index contributed by atoms with van der Waals surface area (Å²) in [7, 11) is 0. The minimum absolute atomic E-state index is 0.0245. The van der Waals surface area contributed by atoms with Crippen molar-refractivity contribution in [1.82, 2.24) is 10.6 Å². The molecule has 6 heteroatoms. The number of halogens is 1. The van der Waals surface area contributed by atoms with Crippen molar-refractivity contribution in [1.29, 1.82) is 0 Å². The third-order valence-corrected chi connectivity index (χ3v) is 3.08. The van der Waals surface area contributed by atoms with Crippen LogP contribution in [0.3, 0.4) is 0 Å². The van der Waals surface area contributed by atoms with Gasteiger partial charge < -0.3 is 20.1 Å². The summed E-state index contributed by atoms with van der Waals surface area (Å²) in [6.45, 7) is 10.5. The second kappa shape index (κ2) is 11.9. The molecule has 0 aliphatic rings. The van der Waals surface area contributed by atoms with E-state index in [4.69, 9.17) is 9.47 Å². The van der Waals surface area contributed by atoms with Crippen molar-refractivity contribution >= 4 is 5.91 Å². The van der Waals surface area contributed by atoms with Crippen molar-refractivity contribution in [3.63, 3.8) is 0 Å². The van der Waals surface area contributed by atoms with Crippen molar-refractivity contribution < 1.29 is 18.7 Å². The molecule has 5 nitrogen and oxygen atoms in total. The highest BCUT2D eigenvalue weighted by molar-refractivity contribution is 5.72. The van der Waals surface area contributed by atoms with E-state index in [1.165, 1.54) is 6.92 Å². The smallest absolute Gasteiger partial charge is 0.216 e. The lowest BCUT2D eigenvalue weighted by atomic mass is 10.0. The van der Waals surface area contributed by atoms with Gasteiger partial charge in [-0.25, -0.2) is 4.39 Å². The van der Waals surface area contributed by atoms with Gasteiger partial charge in [-0.05, 0) is 39.8 Å². The third kappa shape index (κ3) is 11.6. The van der Waals surface area contributed by atoms with Crippen LogP contribution in [0.1, 0.15) is 40.5 Å². The highest BCUT2D eigenvalue weighted by Crippen LogP contribution is 2.18. The van der Waals surface area contributed by atoms with Crippen molar-refractivity contribution in [3.8, 4) is 0 Å². The van der Waals surface area contributed by atoms with E-state index < -0.39 is 11.8 Å². The van der Waals surface area contributed by atoms with Gasteiger partial charge in [0.1, 0.15) is 6.17 Å². The molecule has 1 atom stereocenters. The average molecular weight is 306 g/mol. The van der Waals surface area contributed by atoms with E-state index in [1.807, 2.05) is 0 Å². The fourth-order valence-electron chi connectivity index (χ4n) is 1.64. The van der Waals surface area contributed by atoms with E-state index in [1.54, 1.807) is 13.8 Å². The van der Waals surface area contributed by atoms with Crippen LogP contribution in [0.25, 0.3) is 0 Å². The Morgan fingerprint density at radius 3 is 2.52 bits per heavy atom. The predicted molar refractivity (Wildman–Crippen MR) is 82.2 cm³/mol. The Hall–Kier alpha value is -0.720. The van der Waals surface area contributed by atoms with Crippen LogP contribution in [0.15, 0.2) is 0 Å². The first kappa shape index (κ1) is 20.3. The lowest BCUT2D eigenvalue weighted by Gasteiger charge is -2.29. The van der Waals surface area contributed by atoms with Crippen LogP contribution in [-0.4, -0.2) is 57.1 Å². The van der Waals surface area contributed by atoms with Gasteiger partial charge in [-0.1, -0.05) is 6.92 Å². The van der Waals surface area contributed by atoms with Gasteiger partial charge in [0, 0.05) is 26.7 Å². The van der Waals surface area contributed by atoms with E-state index >= 15 is 0 Å². The van der Waals surface area contributed by atoms with Crippen molar-refractivity contribution in [2.24, 2.45) is 0 Å². The number of hydrogen-bond acceptors (Lipinski definition) is 4. The van der Waals surface area contributed by atoms with Crippen LogP contribution in [-0.2, 0) is 14.3 Å². The molecule has 0 rings (SSSR count). The topological polar surface area (TPSA) is 59.6 Å². The zero-order valence-corrected chi connectivity index (χ0v) is 13.8. The molecule has 0 aromatic rings. The fourth-order valence-corrected chi connectivity index (χ4v) is 1.64. The highest BCUT2D eigenvalue weighted by Gasteiger charge is 2.30. The second-order valence-electron chi connectivity index (χ2n) is 5.53. The fraction of sp³-hybridized carbons (Fsp3) is 0.933. The molecule has 1 unspecified atom stereocenters. The number of carbonyl (C=O) groups excluding carboxylic acids is 1. The van der Waals surface area contributed by atoms with Crippen LogP contribution in [0, 0.1) is 0 Å². The van der Waals surface area contributed by atoms with Crippen LogP contribution in [0.5, 0.6) is 0 Å². The number of ether oxygens (including phenoxy) is 2. The quantitative estimate of drug-likeness (QED) is 0.508. The Morgan fingerprint density at radius 1 is 1.24 bits per heavy atom. The number of carbonyl (C=O) groups is 1. The van der Waals surface area contributed by atoms with Gasteiger partial charge in [0.15, 0.2) is 0 Å². The Bertz CT molecular complexity index is 276. The van der Waals surface area contributed by atoms with Gasteiger partial charge in [-0.2, -0.15) is 0 Å². The van der Waals surface area contributed by atoms with Crippen LogP contribution >= 0.6 is 0 Å². The molecule has 0 saturated carbocycles. The van der Waals surface area contributed by atoms with Gasteiger partial charge in [-0.3, -0.25) is 4.79 Å². The normalized spacial score (nSPS) is 13.2. The summed E-state index contributed by atoms with van der Waals surface area (Å²) < 4.78 is 24.9. The van der Waals surface area contributed by atoms with E-state index in [9.17, 15) is 9.18 Å². The van der Waals surface area contributed by atoms with Crippen molar-refractivity contribution in [2.45, 2.75) is 52.3 Å². The molecule has 0 aliphatic heterocycles. The van der Waals surface area contributed by atoms with Crippen LogP contribution < -0.4 is 10.6 Å². The summed E-state index contributed by atoms with van der Waals surface area (Å²) >= 11 is 0. The molecule has 126 valence electrons. The van der Waals surface area contributed by atoms with Gasteiger partial charge in [0.05, 0.1) is 12.1 Å². The molecule has 0 radical (unpaired) electrons. The number of rotatable bonds is 13. The lowest BCUT2D eigenvalue weighted by Crippen LogP contribution is -2.43.